The average molecular weight is 251 g/mol. The first-order valence-corrected chi connectivity index (χ1v) is 6.18. The van der Waals surface area contributed by atoms with Crippen LogP contribution in [0, 0.1) is 6.92 Å². The van der Waals surface area contributed by atoms with Crippen LogP contribution in [0.25, 0.3) is 0 Å². The number of aryl methyl sites for hydroxylation is 1. The van der Waals surface area contributed by atoms with E-state index in [1.807, 2.05) is 43.3 Å². The van der Waals surface area contributed by atoms with Crippen LogP contribution in [0.15, 0.2) is 48.5 Å². The van der Waals surface area contributed by atoms with E-state index >= 15 is 0 Å². The molecule has 0 spiro atoms. The summed E-state index contributed by atoms with van der Waals surface area (Å²) in [7, 11) is 0. The second kappa shape index (κ2) is 4.35. The normalized spacial score (nSPS) is 13.8. The summed E-state index contributed by atoms with van der Waals surface area (Å²) in [5, 5.41) is 0. The Labute approximate surface area is 111 Å². The number of hydrogen-bond acceptors (Lipinski definition) is 2. The Morgan fingerprint density at radius 2 is 1.63 bits per heavy atom. The van der Waals surface area contributed by atoms with E-state index in [0.717, 1.165) is 11.1 Å². The number of hydrogen-bond donors (Lipinski definition) is 0. The summed E-state index contributed by atoms with van der Waals surface area (Å²) in [5.41, 5.74) is 3.38. The lowest BCUT2D eigenvalue weighted by Gasteiger charge is -2.17. The highest BCUT2D eigenvalue weighted by molar-refractivity contribution is 6.52. The predicted octanol–water partition coefficient (Wildman–Crippen LogP) is 2.72. The van der Waals surface area contributed by atoms with Gasteiger partial charge >= 0.3 is 0 Å². The second-order valence-corrected chi connectivity index (χ2v) is 4.66. The fourth-order valence-corrected chi connectivity index (χ4v) is 2.36. The van der Waals surface area contributed by atoms with E-state index in [2.05, 4.69) is 0 Å². The van der Waals surface area contributed by atoms with Gasteiger partial charge in [-0.3, -0.25) is 9.59 Å². The third kappa shape index (κ3) is 1.83. The van der Waals surface area contributed by atoms with Crippen LogP contribution >= 0.6 is 0 Å². The molecule has 0 fully saturated rings. The number of Topliss-reactive ketones (excluding diaryl/α,β-unsaturated/α-hetero) is 1. The summed E-state index contributed by atoms with van der Waals surface area (Å²) in [6, 6.07) is 15.0. The number of nitrogens with zero attached hydrogens (tertiary/aromatic N) is 1. The molecule has 0 unspecified atom stereocenters. The molecule has 0 saturated heterocycles. The molecule has 3 nitrogen and oxygen atoms in total. The zero-order valence-corrected chi connectivity index (χ0v) is 10.6. The highest BCUT2D eigenvalue weighted by Gasteiger charge is 2.35. The summed E-state index contributed by atoms with van der Waals surface area (Å²) in [4.78, 5) is 25.5. The zero-order valence-electron chi connectivity index (χ0n) is 10.6. The van der Waals surface area contributed by atoms with Crippen molar-refractivity contribution in [2.45, 2.75) is 13.5 Å². The lowest BCUT2D eigenvalue weighted by atomic mass is 10.1. The standard InChI is InChI=1S/C16H13NO2/c1-11-6-2-3-7-12(11)10-17-14-9-5-4-8-13(14)15(18)16(17)19/h2-9H,10H2,1H3. The summed E-state index contributed by atoms with van der Waals surface area (Å²) >= 11 is 0. The molecular formula is C16H13NO2. The van der Waals surface area contributed by atoms with Gasteiger partial charge in [0.2, 0.25) is 0 Å². The van der Waals surface area contributed by atoms with Crippen LogP contribution in [-0.2, 0) is 11.3 Å². The Morgan fingerprint density at radius 1 is 0.947 bits per heavy atom. The van der Waals surface area contributed by atoms with Crippen LogP contribution in [0.5, 0.6) is 0 Å². The molecule has 0 aliphatic carbocycles. The third-order valence-corrected chi connectivity index (χ3v) is 3.47. The molecule has 1 amide bonds. The molecule has 0 N–H and O–H groups in total. The van der Waals surface area contributed by atoms with E-state index in [-0.39, 0.29) is 0 Å². The molecule has 3 rings (SSSR count). The van der Waals surface area contributed by atoms with Gasteiger partial charge in [0.1, 0.15) is 0 Å². The summed E-state index contributed by atoms with van der Waals surface area (Å²) in [6.07, 6.45) is 0. The van der Waals surface area contributed by atoms with Crippen molar-refractivity contribution in [3.8, 4) is 0 Å². The van der Waals surface area contributed by atoms with Gasteiger partial charge < -0.3 is 4.90 Å². The minimum absolute atomic E-state index is 0.413. The first-order chi connectivity index (χ1) is 9.18. The predicted molar refractivity (Wildman–Crippen MR) is 73.1 cm³/mol. The van der Waals surface area contributed by atoms with Gasteiger partial charge in [-0.25, -0.2) is 0 Å². The van der Waals surface area contributed by atoms with Crippen LogP contribution in [-0.4, -0.2) is 11.7 Å². The fourth-order valence-electron chi connectivity index (χ4n) is 2.36. The number of anilines is 1. The van der Waals surface area contributed by atoms with Gasteiger partial charge in [-0.2, -0.15) is 0 Å². The van der Waals surface area contributed by atoms with Crippen molar-refractivity contribution in [2.24, 2.45) is 0 Å². The number of fused-ring (bicyclic) bond motifs is 1. The number of ketones is 1. The summed E-state index contributed by atoms with van der Waals surface area (Å²) in [6.45, 7) is 2.44. The van der Waals surface area contributed by atoms with E-state index in [0.29, 0.717) is 17.8 Å². The largest absolute Gasteiger partial charge is 0.300 e. The van der Waals surface area contributed by atoms with Crippen molar-refractivity contribution >= 4 is 17.4 Å². The van der Waals surface area contributed by atoms with Crippen LogP contribution in [0.3, 0.4) is 0 Å². The van der Waals surface area contributed by atoms with E-state index < -0.39 is 11.7 Å². The maximum absolute atomic E-state index is 12.1. The molecule has 1 aliphatic heterocycles. The van der Waals surface area contributed by atoms with Crippen molar-refractivity contribution in [1.82, 2.24) is 0 Å². The number of para-hydroxylation sites is 1. The number of benzene rings is 2. The topological polar surface area (TPSA) is 37.4 Å². The Balaban J connectivity index is 2.01. The Hall–Kier alpha value is -2.42. The third-order valence-electron chi connectivity index (χ3n) is 3.47. The monoisotopic (exact) mass is 251 g/mol. The van der Waals surface area contributed by atoms with Crippen molar-refractivity contribution < 1.29 is 9.59 Å². The van der Waals surface area contributed by atoms with Gasteiger partial charge in [0.15, 0.2) is 0 Å². The lowest BCUT2D eigenvalue weighted by Crippen LogP contribution is -2.29. The average Bonchev–Trinajstić information content (AvgIpc) is 2.67. The molecule has 0 atom stereocenters. The molecule has 2 aromatic carbocycles. The first kappa shape index (κ1) is 11.7. The van der Waals surface area contributed by atoms with Gasteiger partial charge in [0.25, 0.3) is 11.7 Å². The number of amides is 1. The van der Waals surface area contributed by atoms with Crippen LogP contribution in [0.2, 0.25) is 0 Å². The van der Waals surface area contributed by atoms with Crippen LogP contribution in [0.4, 0.5) is 5.69 Å². The van der Waals surface area contributed by atoms with E-state index in [1.165, 1.54) is 0 Å². The Morgan fingerprint density at radius 3 is 2.42 bits per heavy atom. The summed E-state index contributed by atoms with van der Waals surface area (Å²) in [5.74, 6) is -0.853. The van der Waals surface area contributed by atoms with Gasteiger partial charge in [0, 0.05) is 0 Å². The van der Waals surface area contributed by atoms with Gasteiger partial charge in [-0.05, 0) is 30.2 Å². The molecule has 0 bridgehead atoms. The van der Waals surface area contributed by atoms with Gasteiger partial charge in [-0.15, -0.1) is 0 Å². The van der Waals surface area contributed by atoms with Gasteiger partial charge in [0.05, 0.1) is 17.8 Å². The SMILES string of the molecule is Cc1ccccc1CN1C(=O)C(=O)c2ccccc21. The smallest absolute Gasteiger partial charge is 0.299 e. The second-order valence-electron chi connectivity index (χ2n) is 4.66. The molecule has 0 aromatic heterocycles. The molecule has 19 heavy (non-hydrogen) atoms. The number of rotatable bonds is 2. The lowest BCUT2D eigenvalue weighted by molar-refractivity contribution is -0.114. The van der Waals surface area contributed by atoms with E-state index in [1.54, 1.807) is 17.0 Å². The van der Waals surface area contributed by atoms with E-state index in [9.17, 15) is 9.59 Å². The molecule has 2 aromatic rings. The maximum atomic E-state index is 12.1. The van der Waals surface area contributed by atoms with E-state index in [4.69, 9.17) is 0 Å². The Bertz CT molecular complexity index is 676. The van der Waals surface area contributed by atoms with Crippen molar-refractivity contribution in [1.29, 1.82) is 0 Å². The molecule has 0 saturated carbocycles. The first-order valence-electron chi connectivity index (χ1n) is 6.18. The number of carbonyl (C=O) groups excluding carboxylic acids is 2. The van der Waals surface area contributed by atoms with Gasteiger partial charge in [-0.1, -0.05) is 36.4 Å². The minimum atomic E-state index is -0.440. The molecule has 1 heterocycles. The molecule has 3 heteroatoms. The fraction of sp³-hybridized carbons (Fsp3) is 0.125. The van der Waals surface area contributed by atoms with Crippen molar-refractivity contribution in [3.05, 3.63) is 65.2 Å². The van der Waals surface area contributed by atoms with Crippen LogP contribution < -0.4 is 4.90 Å². The van der Waals surface area contributed by atoms with Crippen molar-refractivity contribution in [3.63, 3.8) is 0 Å². The highest BCUT2D eigenvalue weighted by atomic mass is 16.2. The van der Waals surface area contributed by atoms with Crippen LogP contribution in [0.1, 0.15) is 21.5 Å². The minimum Gasteiger partial charge on any atom is -0.300 e. The number of carbonyl (C=O) groups is 2. The molecular weight excluding hydrogens is 238 g/mol. The Kier molecular flexibility index (Phi) is 2.67. The quantitative estimate of drug-likeness (QED) is 0.770. The maximum Gasteiger partial charge on any atom is 0.299 e. The zero-order chi connectivity index (χ0) is 13.4. The summed E-state index contributed by atoms with van der Waals surface area (Å²) < 4.78 is 0. The van der Waals surface area contributed by atoms with Crippen molar-refractivity contribution in [2.75, 3.05) is 4.90 Å². The highest BCUT2D eigenvalue weighted by Crippen LogP contribution is 2.30. The molecule has 0 radical (unpaired) electrons. The molecule has 1 aliphatic rings. The molecule has 94 valence electrons.